The third-order valence-electron chi connectivity index (χ3n) is 3.51. The van der Waals surface area contributed by atoms with Crippen LogP contribution in [0.1, 0.15) is 32.3 Å². The van der Waals surface area contributed by atoms with Crippen LogP contribution in [0.3, 0.4) is 0 Å². The number of likely N-dealkylation sites (tertiary alicyclic amines) is 1. The van der Waals surface area contributed by atoms with Gasteiger partial charge in [0.2, 0.25) is 0 Å². The van der Waals surface area contributed by atoms with Crippen LogP contribution in [0, 0.1) is 0 Å². The minimum atomic E-state index is 0.388. The minimum absolute atomic E-state index is 0.388. The van der Waals surface area contributed by atoms with Crippen LogP contribution in [0.5, 0.6) is 0 Å². The topological polar surface area (TPSA) is 27.3 Å². The van der Waals surface area contributed by atoms with E-state index in [1.807, 2.05) is 0 Å². The molecular formula is C16H25N3S. The Morgan fingerprint density at radius 2 is 2.10 bits per heavy atom. The van der Waals surface area contributed by atoms with Gasteiger partial charge in [0, 0.05) is 25.2 Å². The highest BCUT2D eigenvalue weighted by atomic mass is 32.1. The van der Waals surface area contributed by atoms with Gasteiger partial charge in [0.05, 0.1) is 0 Å². The average molecular weight is 291 g/mol. The van der Waals surface area contributed by atoms with Crippen LogP contribution in [0.2, 0.25) is 0 Å². The molecule has 1 aromatic rings. The Bertz CT molecular complexity index is 419. The van der Waals surface area contributed by atoms with Crippen LogP contribution in [0.25, 0.3) is 0 Å². The highest BCUT2D eigenvalue weighted by Gasteiger charge is 2.20. The van der Waals surface area contributed by atoms with Crippen molar-refractivity contribution < 1.29 is 0 Å². The summed E-state index contributed by atoms with van der Waals surface area (Å²) in [5.41, 5.74) is 1.39. The van der Waals surface area contributed by atoms with E-state index in [9.17, 15) is 0 Å². The van der Waals surface area contributed by atoms with E-state index in [1.165, 1.54) is 24.9 Å². The zero-order valence-electron chi connectivity index (χ0n) is 12.4. The molecule has 20 heavy (non-hydrogen) atoms. The summed E-state index contributed by atoms with van der Waals surface area (Å²) in [6, 6.07) is 11.5. The van der Waals surface area contributed by atoms with E-state index in [0.29, 0.717) is 12.1 Å². The molecule has 3 nitrogen and oxygen atoms in total. The average Bonchev–Trinajstić information content (AvgIpc) is 2.39. The van der Waals surface area contributed by atoms with Crippen molar-refractivity contribution in [1.29, 1.82) is 0 Å². The zero-order valence-corrected chi connectivity index (χ0v) is 13.2. The molecule has 2 N–H and O–H groups in total. The SMILES string of the molecule is CC(C)NC(=S)NC1CCCN(Cc2ccccc2)C1. The summed E-state index contributed by atoms with van der Waals surface area (Å²) < 4.78 is 0. The molecule has 0 aliphatic carbocycles. The number of hydrogen-bond donors (Lipinski definition) is 2. The summed E-state index contributed by atoms with van der Waals surface area (Å²) in [6.07, 6.45) is 2.43. The Morgan fingerprint density at radius 1 is 1.35 bits per heavy atom. The lowest BCUT2D eigenvalue weighted by Gasteiger charge is -2.34. The van der Waals surface area contributed by atoms with E-state index in [0.717, 1.165) is 18.2 Å². The molecule has 4 heteroatoms. The second kappa shape index (κ2) is 7.60. The van der Waals surface area contributed by atoms with E-state index in [2.05, 4.69) is 59.7 Å². The Kier molecular flexibility index (Phi) is 5.80. The van der Waals surface area contributed by atoms with Gasteiger partial charge in [-0.1, -0.05) is 30.3 Å². The maximum atomic E-state index is 5.34. The molecule has 1 aliphatic rings. The fourth-order valence-corrected chi connectivity index (χ4v) is 3.05. The van der Waals surface area contributed by atoms with Crippen LogP contribution >= 0.6 is 12.2 Å². The molecule has 0 radical (unpaired) electrons. The number of nitrogens with one attached hydrogen (secondary N) is 2. The molecule has 2 rings (SSSR count). The van der Waals surface area contributed by atoms with Gasteiger partial charge in [0.15, 0.2) is 5.11 Å². The summed E-state index contributed by atoms with van der Waals surface area (Å²) >= 11 is 5.34. The third-order valence-corrected chi connectivity index (χ3v) is 3.75. The molecule has 1 atom stereocenters. The van der Waals surface area contributed by atoms with Crippen molar-refractivity contribution in [3.05, 3.63) is 35.9 Å². The van der Waals surface area contributed by atoms with Gasteiger partial charge < -0.3 is 10.6 Å². The molecule has 0 saturated carbocycles. The molecular weight excluding hydrogens is 266 g/mol. The van der Waals surface area contributed by atoms with Gasteiger partial charge in [-0.3, -0.25) is 4.90 Å². The second-order valence-corrected chi connectivity index (χ2v) is 6.24. The predicted octanol–water partition coefficient (Wildman–Crippen LogP) is 2.52. The number of hydrogen-bond acceptors (Lipinski definition) is 2. The van der Waals surface area contributed by atoms with E-state index in [-0.39, 0.29) is 0 Å². The number of rotatable bonds is 4. The lowest BCUT2D eigenvalue weighted by Crippen LogP contribution is -2.51. The summed E-state index contributed by atoms with van der Waals surface area (Å²) in [4.78, 5) is 2.51. The zero-order chi connectivity index (χ0) is 14.4. The van der Waals surface area contributed by atoms with Crippen molar-refractivity contribution in [2.45, 2.75) is 45.3 Å². The van der Waals surface area contributed by atoms with E-state index < -0.39 is 0 Å². The van der Waals surface area contributed by atoms with Crippen molar-refractivity contribution in [2.75, 3.05) is 13.1 Å². The van der Waals surface area contributed by atoms with E-state index >= 15 is 0 Å². The molecule has 1 saturated heterocycles. The van der Waals surface area contributed by atoms with E-state index in [1.54, 1.807) is 0 Å². The first-order valence-corrected chi connectivity index (χ1v) is 7.87. The molecule has 1 aromatic carbocycles. The first kappa shape index (κ1) is 15.3. The molecule has 0 bridgehead atoms. The van der Waals surface area contributed by atoms with Crippen LogP contribution < -0.4 is 10.6 Å². The Labute approximate surface area is 127 Å². The number of thiocarbonyl (C=S) groups is 1. The summed E-state index contributed by atoms with van der Waals surface area (Å²) in [5, 5.41) is 7.48. The Balaban J connectivity index is 1.81. The monoisotopic (exact) mass is 291 g/mol. The van der Waals surface area contributed by atoms with Gasteiger partial charge in [-0.2, -0.15) is 0 Å². The molecule has 1 heterocycles. The standard InChI is InChI=1S/C16H25N3S/c1-13(2)17-16(20)18-15-9-6-10-19(12-15)11-14-7-4-3-5-8-14/h3-5,7-8,13,15H,6,9-12H2,1-2H3,(H2,17,18,20). The van der Waals surface area contributed by atoms with Gasteiger partial charge in [-0.25, -0.2) is 0 Å². The minimum Gasteiger partial charge on any atom is -0.361 e. The first-order chi connectivity index (χ1) is 9.63. The van der Waals surface area contributed by atoms with E-state index in [4.69, 9.17) is 12.2 Å². The largest absolute Gasteiger partial charge is 0.361 e. The lowest BCUT2D eigenvalue weighted by atomic mass is 10.0. The van der Waals surface area contributed by atoms with Crippen LogP contribution in [-0.4, -0.2) is 35.2 Å². The van der Waals surface area contributed by atoms with Gasteiger partial charge in [-0.15, -0.1) is 0 Å². The smallest absolute Gasteiger partial charge is 0.166 e. The quantitative estimate of drug-likeness (QED) is 0.834. The van der Waals surface area contributed by atoms with Crippen molar-refractivity contribution in [2.24, 2.45) is 0 Å². The molecule has 0 aromatic heterocycles. The first-order valence-electron chi connectivity index (χ1n) is 7.47. The molecule has 1 unspecified atom stereocenters. The van der Waals surface area contributed by atoms with Crippen LogP contribution in [0.15, 0.2) is 30.3 Å². The summed E-state index contributed by atoms with van der Waals surface area (Å²) in [5.74, 6) is 0. The number of piperidine rings is 1. The molecule has 0 spiro atoms. The van der Waals surface area contributed by atoms with Gasteiger partial charge in [-0.05, 0) is 51.0 Å². The second-order valence-electron chi connectivity index (χ2n) is 5.83. The Morgan fingerprint density at radius 3 is 2.80 bits per heavy atom. The summed E-state index contributed by atoms with van der Waals surface area (Å²) in [6.45, 7) is 7.49. The molecule has 0 amide bonds. The highest BCUT2D eigenvalue weighted by molar-refractivity contribution is 7.80. The number of nitrogens with zero attached hydrogens (tertiary/aromatic N) is 1. The van der Waals surface area contributed by atoms with Crippen LogP contribution in [-0.2, 0) is 6.54 Å². The van der Waals surface area contributed by atoms with Crippen molar-refractivity contribution >= 4 is 17.3 Å². The molecule has 110 valence electrons. The lowest BCUT2D eigenvalue weighted by molar-refractivity contribution is 0.193. The maximum absolute atomic E-state index is 5.34. The van der Waals surface area contributed by atoms with Crippen molar-refractivity contribution in [3.63, 3.8) is 0 Å². The molecule has 1 fully saturated rings. The normalized spacial score (nSPS) is 19.9. The maximum Gasteiger partial charge on any atom is 0.166 e. The van der Waals surface area contributed by atoms with Gasteiger partial charge in [0.25, 0.3) is 0 Å². The van der Waals surface area contributed by atoms with Crippen molar-refractivity contribution in [3.8, 4) is 0 Å². The fraction of sp³-hybridized carbons (Fsp3) is 0.562. The predicted molar refractivity (Wildman–Crippen MR) is 88.7 cm³/mol. The highest BCUT2D eigenvalue weighted by Crippen LogP contribution is 2.13. The van der Waals surface area contributed by atoms with Crippen molar-refractivity contribution in [1.82, 2.24) is 15.5 Å². The third kappa shape index (κ3) is 5.10. The van der Waals surface area contributed by atoms with Gasteiger partial charge in [0.1, 0.15) is 0 Å². The fourth-order valence-electron chi connectivity index (χ4n) is 2.65. The molecule has 1 aliphatic heterocycles. The van der Waals surface area contributed by atoms with Gasteiger partial charge >= 0.3 is 0 Å². The number of benzene rings is 1. The van der Waals surface area contributed by atoms with Crippen LogP contribution in [0.4, 0.5) is 0 Å². The summed E-state index contributed by atoms with van der Waals surface area (Å²) in [7, 11) is 0. The Hall–Kier alpha value is -1.13.